The number of aliphatic imine (C=N–C) groups is 1. The summed E-state index contributed by atoms with van der Waals surface area (Å²) in [4.78, 5) is 4.54. The zero-order valence-corrected chi connectivity index (χ0v) is 13.8. The normalized spacial score (nSPS) is 20.7. The van der Waals surface area contributed by atoms with Crippen molar-refractivity contribution in [2.45, 2.75) is 24.8 Å². The monoisotopic (exact) mass is 329 g/mol. The molecule has 2 aromatic carbocycles. The van der Waals surface area contributed by atoms with E-state index in [-0.39, 0.29) is 6.04 Å². The number of halogens is 1. The predicted octanol–water partition coefficient (Wildman–Crippen LogP) is 4.02. The molecule has 0 bridgehead atoms. The van der Waals surface area contributed by atoms with E-state index in [9.17, 15) is 0 Å². The summed E-state index contributed by atoms with van der Waals surface area (Å²) in [6.07, 6.45) is 2.01. The number of ether oxygens (including phenoxy) is 1. The first-order chi connectivity index (χ1) is 11.1. The molecule has 1 fully saturated rings. The molecule has 4 nitrogen and oxygen atoms in total. The van der Waals surface area contributed by atoms with Gasteiger partial charge in [-0.25, -0.2) is 4.99 Å². The average Bonchev–Trinajstić information content (AvgIpc) is 2.51. The SMILES string of the molecule is COc1ccc(NC(N)=NC2CC(c3cccc(Cl)c3)C2)cc1. The van der Waals surface area contributed by atoms with Gasteiger partial charge < -0.3 is 15.8 Å². The van der Waals surface area contributed by atoms with E-state index in [0.717, 1.165) is 29.3 Å². The van der Waals surface area contributed by atoms with E-state index >= 15 is 0 Å². The number of guanidine groups is 1. The summed E-state index contributed by atoms with van der Waals surface area (Å²) < 4.78 is 5.13. The molecule has 0 aliphatic heterocycles. The molecular weight excluding hydrogens is 310 g/mol. The molecule has 0 radical (unpaired) electrons. The molecule has 0 amide bonds. The van der Waals surface area contributed by atoms with Crippen molar-refractivity contribution < 1.29 is 4.74 Å². The summed E-state index contributed by atoms with van der Waals surface area (Å²) in [6, 6.07) is 15.9. The Balaban J connectivity index is 1.54. The molecule has 0 aromatic heterocycles. The maximum atomic E-state index is 6.04. The first-order valence-electron chi connectivity index (χ1n) is 7.64. The fourth-order valence-corrected chi connectivity index (χ4v) is 2.98. The van der Waals surface area contributed by atoms with Crippen LogP contribution in [0.25, 0.3) is 0 Å². The van der Waals surface area contributed by atoms with Crippen LogP contribution in [0.15, 0.2) is 53.5 Å². The van der Waals surface area contributed by atoms with Crippen molar-refractivity contribution in [3.63, 3.8) is 0 Å². The Labute approximate surface area is 141 Å². The molecule has 1 saturated carbocycles. The van der Waals surface area contributed by atoms with Gasteiger partial charge in [0, 0.05) is 10.7 Å². The zero-order valence-electron chi connectivity index (χ0n) is 13.0. The van der Waals surface area contributed by atoms with Gasteiger partial charge in [-0.05, 0) is 60.7 Å². The number of anilines is 1. The van der Waals surface area contributed by atoms with E-state index in [1.165, 1.54) is 5.56 Å². The minimum absolute atomic E-state index is 0.268. The first-order valence-corrected chi connectivity index (χ1v) is 8.01. The van der Waals surface area contributed by atoms with Gasteiger partial charge in [0.25, 0.3) is 0 Å². The van der Waals surface area contributed by atoms with Crippen molar-refractivity contribution in [3.8, 4) is 5.75 Å². The Hall–Kier alpha value is -2.20. The topological polar surface area (TPSA) is 59.6 Å². The van der Waals surface area contributed by atoms with Crippen LogP contribution in [0.5, 0.6) is 5.75 Å². The number of hydrogen-bond donors (Lipinski definition) is 2. The summed E-state index contributed by atoms with van der Waals surface area (Å²) in [5.74, 6) is 1.79. The van der Waals surface area contributed by atoms with Crippen molar-refractivity contribution in [1.82, 2.24) is 0 Å². The molecule has 0 atom stereocenters. The maximum Gasteiger partial charge on any atom is 0.193 e. The van der Waals surface area contributed by atoms with E-state index in [1.54, 1.807) is 7.11 Å². The minimum atomic E-state index is 0.268. The Morgan fingerprint density at radius 1 is 1.22 bits per heavy atom. The molecule has 23 heavy (non-hydrogen) atoms. The molecular formula is C18H20ClN3O. The highest BCUT2D eigenvalue weighted by molar-refractivity contribution is 6.30. The number of nitrogens with one attached hydrogen (secondary N) is 1. The van der Waals surface area contributed by atoms with E-state index < -0.39 is 0 Å². The van der Waals surface area contributed by atoms with Crippen molar-refractivity contribution in [1.29, 1.82) is 0 Å². The highest BCUT2D eigenvalue weighted by Gasteiger charge is 2.30. The second-order valence-electron chi connectivity index (χ2n) is 5.74. The number of methoxy groups -OCH3 is 1. The molecule has 1 aliphatic carbocycles. The van der Waals surface area contributed by atoms with Crippen LogP contribution in [0.3, 0.4) is 0 Å². The van der Waals surface area contributed by atoms with Gasteiger partial charge in [0.1, 0.15) is 5.75 Å². The number of rotatable bonds is 4. The van der Waals surface area contributed by atoms with Crippen LogP contribution in [-0.2, 0) is 0 Å². The summed E-state index contributed by atoms with van der Waals surface area (Å²) in [6.45, 7) is 0. The largest absolute Gasteiger partial charge is 0.497 e. The average molecular weight is 330 g/mol. The maximum absolute atomic E-state index is 6.04. The molecule has 2 aromatic rings. The van der Waals surface area contributed by atoms with Gasteiger partial charge in [-0.15, -0.1) is 0 Å². The van der Waals surface area contributed by atoms with Gasteiger partial charge in [0.05, 0.1) is 13.2 Å². The first kappa shape index (κ1) is 15.7. The summed E-state index contributed by atoms with van der Waals surface area (Å²) in [5.41, 5.74) is 8.17. The zero-order chi connectivity index (χ0) is 16.2. The van der Waals surface area contributed by atoms with E-state index in [0.29, 0.717) is 11.9 Å². The van der Waals surface area contributed by atoms with Gasteiger partial charge in [-0.2, -0.15) is 0 Å². The molecule has 3 N–H and O–H groups in total. The molecule has 0 saturated heterocycles. The highest BCUT2D eigenvalue weighted by Crippen LogP contribution is 2.39. The highest BCUT2D eigenvalue weighted by atomic mass is 35.5. The van der Waals surface area contributed by atoms with Crippen LogP contribution in [0.4, 0.5) is 5.69 Å². The van der Waals surface area contributed by atoms with Crippen LogP contribution in [0.2, 0.25) is 5.02 Å². The van der Waals surface area contributed by atoms with Gasteiger partial charge in [0.2, 0.25) is 0 Å². The summed E-state index contributed by atoms with van der Waals surface area (Å²) in [7, 11) is 1.64. The molecule has 5 heteroatoms. The Morgan fingerprint density at radius 2 is 1.96 bits per heavy atom. The predicted molar refractivity (Wildman–Crippen MR) is 95.5 cm³/mol. The quantitative estimate of drug-likeness (QED) is 0.658. The minimum Gasteiger partial charge on any atom is -0.497 e. The van der Waals surface area contributed by atoms with Crippen molar-refractivity contribution >= 4 is 23.2 Å². The third-order valence-electron chi connectivity index (χ3n) is 4.12. The van der Waals surface area contributed by atoms with E-state index in [1.807, 2.05) is 42.5 Å². The van der Waals surface area contributed by atoms with Gasteiger partial charge in [-0.3, -0.25) is 0 Å². The molecule has 120 valence electrons. The van der Waals surface area contributed by atoms with Crippen molar-refractivity contribution in [2.24, 2.45) is 10.7 Å². The summed E-state index contributed by atoms with van der Waals surface area (Å²) >= 11 is 6.04. The molecule has 0 heterocycles. The lowest BCUT2D eigenvalue weighted by atomic mass is 9.76. The van der Waals surface area contributed by atoms with Crippen molar-refractivity contribution in [2.75, 3.05) is 12.4 Å². The Morgan fingerprint density at radius 3 is 2.61 bits per heavy atom. The standard InChI is InChI=1S/C18H20ClN3O/c1-23-17-7-5-15(6-8-17)21-18(20)22-16-10-13(11-16)12-3-2-4-14(19)9-12/h2-9,13,16H,10-11H2,1H3,(H3,20,21,22). The van der Waals surface area contributed by atoms with E-state index in [2.05, 4.69) is 16.4 Å². The lowest BCUT2D eigenvalue weighted by molar-refractivity contribution is 0.353. The molecule has 3 rings (SSSR count). The third-order valence-corrected chi connectivity index (χ3v) is 4.35. The third kappa shape index (κ3) is 3.96. The van der Waals surface area contributed by atoms with Crippen LogP contribution < -0.4 is 15.8 Å². The molecule has 0 unspecified atom stereocenters. The van der Waals surface area contributed by atoms with Gasteiger partial charge in [-0.1, -0.05) is 23.7 Å². The van der Waals surface area contributed by atoms with Gasteiger partial charge in [0.15, 0.2) is 5.96 Å². The number of benzene rings is 2. The smallest absolute Gasteiger partial charge is 0.193 e. The molecule has 1 aliphatic rings. The van der Waals surface area contributed by atoms with Crippen LogP contribution in [0.1, 0.15) is 24.3 Å². The fourth-order valence-electron chi connectivity index (χ4n) is 2.78. The van der Waals surface area contributed by atoms with Crippen molar-refractivity contribution in [3.05, 3.63) is 59.1 Å². The number of hydrogen-bond acceptors (Lipinski definition) is 2. The lowest BCUT2D eigenvalue weighted by Crippen LogP contribution is -2.31. The van der Waals surface area contributed by atoms with Crippen LogP contribution in [-0.4, -0.2) is 19.1 Å². The van der Waals surface area contributed by atoms with E-state index in [4.69, 9.17) is 22.1 Å². The number of nitrogens with two attached hydrogens (primary N) is 1. The number of nitrogens with zero attached hydrogens (tertiary/aromatic N) is 1. The van der Waals surface area contributed by atoms with Crippen LogP contribution in [0, 0.1) is 0 Å². The van der Waals surface area contributed by atoms with Gasteiger partial charge >= 0.3 is 0 Å². The second-order valence-corrected chi connectivity index (χ2v) is 6.18. The lowest BCUT2D eigenvalue weighted by Gasteiger charge is -2.33. The molecule has 0 spiro atoms. The Bertz CT molecular complexity index is 694. The second kappa shape index (κ2) is 6.92. The van der Waals surface area contributed by atoms with Crippen LogP contribution >= 0.6 is 11.6 Å². The summed E-state index contributed by atoms with van der Waals surface area (Å²) in [5, 5.41) is 3.89. The Kier molecular flexibility index (Phi) is 4.72. The fraction of sp³-hybridized carbons (Fsp3) is 0.278.